The van der Waals surface area contributed by atoms with Gasteiger partial charge in [0.05, 0.1) is 6.42 Å². The second kappa shape index (κ2) is 6.93. The minimum atomic E-state index is -0.670. The van der Waals surface area contributed by atoms with E-state index in [-0.39, 0.29) is 18.0 Å². The molecule has 0 aromatic carbocycles. The summed E-state index contributed by atoms with van der Waals surface area (Å²) in [5, 5.41) is 9.35. The number of aryl methyl sites for hydroxylation is 1. The van der Waals surface area contributed by atoms with Gasteiger partial charge in [-0.2, -0.15) is 0 Å². The summed E-state index contributed by atoms with van der Waals surface area (Å²) in [6, 6.07) is 4.70. The number of thiophene rings is 1. The molecular formula is C17H27NO2S. The lowest BCUT2D eigenvalue weighted by Crippen LogP contribution is -2.50. The molecule has 1 N–H and O–H groups in total. The molecule has 1 aromatic rings. The highest BCUT2D eigenvalue weighted by Crippen LogP contribution is 2.41. The molecule has 1 saturated carbocycles. The van der Waals surface area contributed by atoms with Gasteiger partial charge in [0.15, 0.2) is 0 Å². The second-order valence-electron chi connectivity index (χ2n) is 6.30. The van der Waals surface area contributed by atoms with Crippen LogP contribution in [0.25, 0.3) is 0 Å². The Kier molecular flexibility index (Phi) is 5.44. The van der Waals surface area contributed by atoms with Gasteiger partial charge in [-0.05, 0) is 45.4 Å². The topological polar surface area (TPSA) is 40.5 Å². The molecule has 0 saturated heterocycles. The van der Waals surface area contributed by atoms with Crippen LogP contribution in [0.3, 0.4) is 0 Å². The molecule has 21 heavy (non-hydrogen) atoms. The van der Waals surface area contributed by atoms with E-state index in [4.69, 9.17) is 0 Å². The average Bonchev–Trinajstić information content (AvgIpc) is 2.95. The molecule has 0 radical (unpaired) electrons. The summed E-state index contributed by atoms with van der Waals surface area (Å²) in [7, 11) is 2.12. The van der Waals surface area contributed by atoms with Gasteiger partial charge in [0.25, 0.3) is 0 Å². The Labute approximate surface area is 132 Å². The van der Waals surface area contributed by atoms with Crippen molar-refractivity contribution in [1.29, 1.82) is 0 Å². The van der Waals surface area contributed by atoms with Crippen LogP contribution >= 0.6 is 11.3 Å². The summed E-state index contributed by atoms with van der Waals surface area (Å²) >= 11 is 1.86. The molecule has 1 heterocycles. The van der Waals surface area contributed by atoms with Gasteiger partial charge in [-0.3, -0.25) is 9.69 Å². The SMILES string of the molecule is CCc1ccc(C(C)N(C)C2(CC(=O)O)CCCCC2)s1. The normalized spacial score (nSPS) is 19.6. The second-order valence-corrected chi connectivity index (χ2v) is 7.50. The Morgan fingerprint density at radius 2 is 2.05 bits per heavy atom. The minimum Gasteiger partial charge on any atom is -0.481 e. The summed E-state index contributed by atoms with van der Waals surface area (Å²) in [5.41, 5.74) is -0.167. The molecule has 1 fully saturated rings. The molecule has 1 aromatic heterocycles. The van der Waals surface area contributed by atoms with Gasteiger partial charge in [0.2, 0.25) is 0 Å². The number of carboxylic acids is 1. The Hall–Kier alpha value is -0.870. The van der Waals surface area contributed by atoms with Crippen molar-refractivity contribution in [1.82, 2.24) is 4.90 Å². The van der Waals surface area contributed by atoms with Crippen LogP contribution in [0.5, 0.6) is 0 Å². The molecule has 1 atom stereocenters. The average molecular weight is 309 g/mol. The fraction of sp³-hybridized carbons (Fsp3) is 0.706. The highest BCUT2D eigenvalue weighted by molar-refractivity contribution is 7.12. The zero-order valence-corrected chi connectivity index (χ0v) is 14.2. The van der Waals surface area contributed by atoms with E-state index in [2.05, 4.69) is 37.9 Å². The molecule has 118 valence electrons. The van der Waals surface area contributed by atoms with E-state index >= 15 is 0 Å². The van der Waals surface area contributed by atoms with Crippen LogP contribution < -0.4 is 0 Å². The fourth-order valence-corrected chi connectivity index (χ4v) is 4.60. The summed E-state index contributed by atoms with van der Waals surface area (Å²) in [5.74, 6) is -0.670. The van der Waals surface area contributed by atoms with Crippen molar-refractivity contribution in [2.75, 3.05) is 7.05 Å². The summed E-state index contributed by atoms with van der Waals surface area (Å²) in [6.07, 6.45) is 6.88. The van der Waals surface area contributed by atoms with Crippen LogP contribution in [-0.4, -0.2) is 28.6 Å². The van der Waals surface area contributed by atoms with Crippen LogP contribution in [0, 0.1) is 0 Å². The predicted octanol–water partition coefficient (Wildman–Crippen LogP) is 4.48. The van der Waals surface area contributed by atoms with Crippen molar-refractivity contribution in [3.8, 4) is 0 Å². The lowest BCUT2D eigenvalue weighted by molar-refractivity contribution is -0.141. The molecule has 2 rings (SSSR count). The first-order chi connectivity index (χ1) is 9.98. The zero-order chi connectivity index (χ0) is 15.5. The molecular weight excluding hydrogens is 282 g/mol. The largest absolute Gasteiger partial charge is 0.481 e. The quantitative estimate of drug-likeness (QED) is 0.842. The van der Waals surface area contributed by atoms with Crippen molar-refractivity contribution in [2.24, 2.45) is 0 Å². The van der Waals surface area contributed by atoms with Crippen molar-refractivity contribution < 1.29 is 9.90 Å². The highest BCUT2D eigenvalue weighted by Gasteiger charge is 2.40. The van der Waals surface area contributed by atoms with E-state index in [0.29, 0.717) is 0 Å². The van der Waals surface area contributed by atoms with Crippen LogP contribution in [0.2, 0.25) is 0 Å². The zero-order valence-electron chi connectivity index (χ0n) is 13.4. The first-order valence-corrected chi connectivity index (χ1v) is 8.83. The third-order valence-electron chi connectivity index (χ3n) is 5.04. The van der Waals surface area contributed by atoms with Gasteiger partial charge in [0.1, 0.15) is 0 Å². The predicted molar refractivity (Wildman–Crippen MR) is 87.9 cm³/mol. The van der Waals surface area contributed by atoms with Crippen LogP contribution in [0.4, 0.5) is 0 Å². The Balaban J connectivity index is 2.20. The van der Waals surface area contributed by atoms with E-state index in [0.717, 1.165) is 32.1 Å². The lowest BCUT2D eigenvalue weighted by atomic mass is 9.77. The van der Waals surface area contributed by atoms with Crippen LogP contribution in [-0.2, 0) is 11.2 Å². The number of carbonyl (C=O) groups is 1. The van der Waals surface area contributed by atoms with Crippen molar-refractivity contribution in [3.63, 3.8) is 0 Å². The Bertz CT molecular complexity index is 477. The minimum absolute atomic E-state index is 0.167. The van der Waals surface area contributed by atoms with Gasteiger partial charge in [-0.1, -0.05) is 26.2 Å². The van der Waals surface area contributed by atoms with Crippen molar-refractivity contribution >= 4 is 17.3 Å². The maximum absolute atomic E-state index is 11.4. The van der Waals surface area contributed by atoms with Gasteiger partial charge in [-0.25, -0.2) is 0 Å². The van der Waals surface area contributed by atoms with Crippen molar-refractivity contribution in [2.45, 2.75) is 70.4 Å². The van der Waals surface area contributed by atoms with Crippen LogP contribution in [0.15, 0.2) is 12.1 Å². The molecule has 0 aliphatic heterocycles. The van der Waals surface area contributed by atoms with E-state index < -0.39 is 5.97 Å². The molecule has 1 aliphatic carbocycles. The smallest absolute Gasteiger partial charge is 0.305 e. The summed E-state index contributed by atoms with van der Waals surface area (Å²) in [6.45, 7) is 4.39. The van der Waals surface area contributed by atoms with Crippen LogP contribution in [0.1, 0.15) is 68.2 Å². The first-order valence-electron chi connectivity index (χ1n) is 8.02. The number of rotatable bonds is 6. The third-order valence-corrected chi connectivity index (χ3v) is 6.44. The number of hydrogen-bond acceptors (Lipinski definition) is 3. The van der Waals surface area contributed by atoms with E-state index in [1.54, 1.807) is 0 Å². The molecule has 1 aliphatic rings. The van der Waals surface area contributed by atoms with Gasteiger partial charge >= 0.3 is 5.97 Å². The highest BCUT2D eigenvalue weighted by atomic mass is 32.1. The van der Waals surface area contributed by atoms with Crippen molar-refractivity contribution in [3.05, 3.63) is 21.9 Å². The molecule has 0 spiro atoms. The summed E-state index contributed by atoms with van der Waals surface area (Å²) < 4.78 is 0. The molecule has 0 bridgehead atoms. The molecule has 0 amide bonds. The van der Waals surface area contributed by atoms with Gasteiger partial charge < -0.3 is 5.11 Å². The monoisotopic (exact) mass is 309 g/mol. The summed E-state index contributed by atoms with van der Waals surface area (Å²) in [4.78, 5) is 16.5. The van der Waals surface area contributed by atoms with Gasteiger partial charge in [0, 0.05) is 21.3 Å². The fourth-order valence-electron chi connectivity index (χ4n) is 3.56. The van der Waals surface area contributed by atoms with E-state index in [9.17, 15) is 9.90 Å². The third kappa shape index (κ3) is 3.67. The first kappa shape index (κ1) is 16.5. The number of nitrogens with zero attached hydrogens (tertiary/aromatic N) is 1. The lowest BCUT2D eigenvalue weighted by Gasteiger charge is -2.46. The number of hydrogen-bond donors (Lipinski definition) is 1. The maximum atomic E-state index is 11.4. The standard InChI is InChI=1S/C17H27NO2S/c1-4-14-8-9-15(21-14)13(2)18(3)17(12-16(19)20)10-6-5-7-11-17/h8-9,13H,4-7,10-12H2,1-3H3,(H,19,20). The van der Waals surface area contributed by atoms with E-state index in [1.807, 2.05) is 11.3 Å². The molecule has 1 unspecified atom stereocenters. The van der Waals surface area contributed by atoms with Gasteiger partial charge in [-0.15, -0.1) is 11.3 Å². The molecule has 3 nitrogen and oxygen atoms in total. The Morgan fingerprint density at radius 1 is 1.38 bits per heavy atom. The number of aliphatic carboxylic acids is 1. The maximum Gasteiger partial charge on any atom is 0.305 e. The van der Waals surface area contributed by atoms with E-state index in [1.165, 1.54) is 16.2 Å². The molecule has 4 heteroatoms. The number of carboxylic acid groups (broad SMARTS) is 1. The Morgan fingerprint density at radius 3 is 2.57 bits per heavy atom.